The predicted octanol–water partition coefficient (Wildman–Crippen LogP) is 4.08. The van der Waals surface area contributed by atoms with E-state index in [-0.39, 0.29) is 11.5 Å². The molecule has 0 aromatic carbocycles. The molecule has 4 rings (SSSR count). The van der Waals surface area contributed by atoms with Gasteiger partial charge in [0.2, 0.25) is 0 Å². The predicted molar refractivity (Wildman–Crippen MR) is 103 cm³/mol. The first kappa shape index (κ1) is 17.4. The van der Waals surface area contributed by atoms with Crippen molar-refractivity contribution in [2.45, 2.75) is 36.9 Å². The van der Waals surface area contributed by atoms with Crippen molar-refractivity contribution in [2.24, 2.45) is 0 Å². The maximum Gasteiger partial charge on any atom is 0.192 e. The van der Waals surface area contributed by atoms with Gasteiger partial charge in [0.25, 0.3) is 0 Å². The van der Waals surface area contributed by atoms with E-state index in [9.17, 15) is 10.1 Å². The van der Waals surface area contributed by atoms with Crippen molar-refractivity contribution in [3.8, 4) is 16.8 Å². The van der Waals surface area contributed by atoms with Crippen LogP contribution in [-0.4, -0.2) is 31.3 Å². The van der Waals surface area contributed by atoms with Gasteiger partial charge in [0.1, 0.15) is 5.01 Å². The summed E-state index contributed by atoms with van der Waals surface area (Å²) in [4.78, 5) is 17.9. The molecular formula is C17H15N5OS3. The van der Waals surface area contributed by atoms with Crippen molar-refractivity contribution < 1.29 is 4.79 Å². The van der Waals surface area contributed by atoms with E-state index < -0.39 is 5.92 Å². The second-order valence-corrected chi connectivity index (χ2v) is 8.81. The summed E-state index contributed by atoms with van der Waals surface area (Å²) < 4.78 is 2.14. The minimum absolute atomic E-state index is 0.144. The van der Waals surface area contributed by atoms with Crippen LogP contribution in [0.1, 0.15) is 35.5 Å². The monoisotopic (exact) mass is 401 g/mol. The summed E-state index contributed by atoms with van der Waals surface area (Å²) in [5.74, 6) is 0.0987. The number of aryl methyl sites for hydroxylation is 1. The summed E-state index contributed by atoms with van der Waals surface area (Å²) in [6, 6.07) is 6.53. The molecule has 0 amide bonds. The fourth-order valence-electron chi connectivity index (χ4n) is 2.60. The molecule has 0 spiro atoms. The van der Waals surface area contributed by atoms with Crippen molar-refractivity contribution in [1.82, 2.24) is 19.7 Å². The zero-order valence-electron chi connectivity index (χ0n) is 14.0. The van der Waals surface area contributed by atoms with Crippen molar-refractivity contribution in [1.29, 1.82) is 5.26 Å². The Morgan fingerprint density at radius 1 is 1.46 bits per heavy atom. The Bertz CT molecular complexity index is 965. The maximum absolute atomic E-state index is 12.6. The van der Waals surface area contributed by atoms with Crippen molar-refractivity contribution in [2.75, 3.05) is 5.75 Å². The van der Waals surface area contributed by atoms with Crippen molar-refractivity contribution in [3.05, 3.63) is 33.6 Å². The number of rotatable bonds is 7. The highest BCUT2D eigenvalue weighted by Gasteiger charge is 2.31. The van der Waals surface area contributed by atoms with Crippen molar-refractivity contribution in [3.63, 3.8) is 0 Å². The molecule has 9 heteroatoms. The highest BCUT2D eigenvalue weighted by atomic mass is 32.2. The van der Waals surface area contributed by atoms with Gasteiger partial charge >= 0.3 is 0 Å². The van der Waals surface area contributed by atoms with Crippen LogP contribution in [0.4, 0.5) is 0 Å². The number of thioether (sulfide) groups is 1. The quantitative estimate of drug-likeness (QED) is 0.555. The van der Waals surface area contributed by atoms with E-state index in [1.165, 1.54) is 23.1 Å². The van der Waals surface area contributed by atoms with Crippen LogP contribution in [0.3, 0.4) is 0 Å². The molecule has 0 N–H and O–H groups in total. The van der Waals surface area contributed by atoms with Gasteiger partial charge in [-0.2, -0.15) is 5.26 Å². The number of hydrogen-bond donors (Lipinski definition) is 0. The summed E-state index contributed by atoms with van der Waals surface area (Å²) in [5.41, 5.74) is 0.833. The Balaban J connectivity index is 1.51. The fourth-order valence-corrected chi connectivity index (χ4v) is 5.08. The molecule has 1 aliphatic carbocycles. The molecule has 0 radical (unpaired) electrons. The summed E-state index contributed by atoms with van der Waals surface area (Å²) in [5, 5.41) is 23.2. The molecule has 0 saturated heterocycles. The highest BCUT2D eigenvalue weighted by molar-refractivity contribution is 7.99. The molecule has 26 heavy (non-hydrogen) atoms. The SMILES string of the molecule is Cc1csc(C(C#N)C(=O)CSc2nnc(-c3cccs3)n2C2CC2)n1. The van der Waals surface area contributed by atoms with Crippen LogP contribution in [0.15, 0.2) is 28.0 Å². The van der Waals surface area contributed by atoms with Crippen LogP contribution in [-0.2, 0) is 4.79 Å². The Morgan fingerprint density at radius 2 is 2.31 bits per heavy atom. The number of thiazole rings is 1. The van der Waals surface area contributed by atoms with Gasteiger partial charge in [-0.05, 0) is 31.2 Å². The second kappa shape index (κ2) is 7.31. The Kier molecular flexibility index (Phi) is 4.89. The van der Waals surface area contributed by atoms with E-state index in [1.807, 2.05) is 29.8 Å². The Labute approximate surface area is 162 Å². The van der Waals surface area contributed by atoms with Crippen LogP contribution in [0.2, 0.25) is 0 Å². The van der Waals surface area contributed by atoms with Crippen LogP contribution in [0.25, 0.3) is 10.7 Å². The van der Waals surface area contributed by atoms with E-state index in [4.69, 9.17) is 0 Å². The van der Waals surface area contributed by atoms with Crippen LogP contribution >= 0.6 is 34.4 Å². The molecule has 0 bridgehead atoms. The number of nitriles is 1. The molecule has 3 aromatic rings. The topological polar surface area (TPSA) is 84.5 Å². The van der Waals surface area contributed by atoms with Gasteiger partial charge in [-0.3, -0.25) is 9.36 Å². The standard InChI is InChI=1S/C17H15N5OS3/c1-10-8-25-16(19-10)12(7-18)13(23)9-26-17-21-20-15(14-3-2-6-24-14)22(17)11-4-5-11/h2-3,6,8,11-12H,4-5,9H2,1H3. The number of aromatic nitrogens is 4. The maximum atomic E-state index is 12.6. The number of carbonyl (C=O) groups excluding carboxylic acids is 1. The first-order chi connectivity index (χ1) is 12.7. The lowest BCUT2D eigenvalue weighted by molar-refractivity contribution is -0.116. The van der Waals surface area contributed by atoms with Crippen molar-refractivity contribution >= 4 is 40.2 Å². The number of carbonyl (C=O) groups is 1. The third-order valence-electron chi connectivity index (χ3n) is 4.00. The number of thiophene rings is 1. The number of nitrogens with zero attached hydrogens (tertiary/aromatic N) is 5. The second-order valence-electron chi connectivity index (χ2n) is 6.03. The van der Waals surface area contributed by atoms with E-state index in [0.29, 0.717) is 11.0 Å². The Hall–Kier alpha value is -2.02. The van der Waals surface area contributed by atoms with Gasteiger partial charge in [-0.15, -0.1) is 32.9 Å². The first-order valence-corrected chi connectivity index (χ1v) is 10.9. The summed E-state index contributed by atoms with van der Waals surface area (Å²) in [6.07, 6.45) is 2.22. The average molecular weight is 402 g/mol. The molecule has 1 fully saturated rings. The van der Waals surface area contributed by atoms with E-state index in [2.05, 4.69) is 25.8 Å². The number of hydrogen-bond acceptors (Lipinski definition) is 8. The van der Waals surface area contributed by atoms with Gasteiger partial charge in [-0.1, -0.05) is 17.8 Å². The van der Waals surface area contributed by atoms with Gasteiger partial charge in [-0.25, -0.2) is 4.98 Å². The number of Topliss-reactive ketones (excluding diaryl/α,β-unsaturated/α-hetero) is 1. The molecular weight excluding hydrogens is 386 g/mol. The molecule has 3 aromatic heterocycles. The summed E-state index contributed by atoms with van der Waals surface area (Å²) in [6.45, 7) is 1.86. The summed E-state index contributed by atoms with van der Waals surface area (Å²) >= 11 is 4.35. The summed E-state index contributed by atoms with van der Waals surface area (Å²) in [7, 11) is 0. The third-order valence-corrected chi connectivity index (χ3v) is 6.86. The average Bonchev–Trinajstić information content (AvgIpc) is 3.04. The normalized spacial score (nSPS) is 14.9. The number of ketones is 1. The van der Waals surface area contributed by atoms with E-state index in [1.54, 1.807) is 11.3 Å². The smallest absolute Gasteiger partial charge is 0.192 e. The minimum atomic E-state index is -0.810. The molecule has 1 aliphatic rings. The lowest BCUT2D eigenvalue weighted by Crippen LogP contribution is -2.13. The lowest BCUT2D eigenvalue weighted by Gasteiger charge is -2.08. The van der Waals surface area contributed by atoms with Gasteiger partial charge < -0.3 is 0 Å². The molecule has 6 nitrogen and oxygen atoms in total. The highest BCUT2D eigenvalue weighted by Crippen LogP contribution is 2.41. The molecule has 3 heterocycles. The molecule has 1 atom stereocenters. The zero-order valence-corrected chi connectivity index (χ0v) is 16.4. The fraction of sp³-hybridized carbons (Fsp3) is 0.353. The van der Waals surface area contributed by atoms with Gasteiger partial charge in [0.15, 0.2) is 22.7 Å². The third kappa shape index (κ3) is 3.45. The molecule has 1 unspecified atom stereocenters. The molecule has 1 saturated carbocycles. The lowest BCUT2D eigenvalue weighted by atomic mass is 10.1. The van der Waals surface area contributed by atoms with E-state index in [0.717, 1.165) is 34.4 Å². The van der Waals surface area contributed by atoms with E-state index >= 15 is 0 Å². The molecule has 0 aliphatic heterocycles. The van der Waals surface area contributed by atoms with Gasteiger partial charge in [0.05, 0.1) is 16.7 Å². The minimum Gasteiger partial charge on any atom is -0.298 e. The largest absolute Gasteiger partial charge is 0.298 e. The van der Waals surface area contributed by atoms with Gasteiger partial charge in [0, 0.05) is 17.1 Å². The van der Waals surface area contributed by atoms with Crippen LogP contribution in [0.5, 0.6) is 0 Å². The first-order valence-electron chi connectivity index (χ1n) is 8.13. The zero-order chi connectivity index (χ0) is 18.1. The van der Waals surface area contributed by atoms with Crippen LogP contribution in [0, 0.1) is 18.3 Å². The Morgan fingerprint density at radius 3 is 2.92 bits per heavy atom. The molecule has 132 valence electrons. The van der Waals surface area contributed by atoms with Crippen LogP contribution < -0.4 is 0 Å².